The number of H-pyrrole nitrogens is 1. The number of halogens is 3. The first-order chi connectivity index (χ1) is 10.4. The summed E-state index contributed by atoms with van der Waals surface area (Å²) < 4.78 is 44.8. The first-order valence-corrected chi connectivity index (χ1v) is 6.41. The third kappa shape index (κ3) is 2.88. The van der Waals surface area contributed by atoms with Gasteiger partial charge in [-0.25, -0.2) is 4.79 Å². The predicted octanol–water partition coefficient (Wildman–Crippen LogP) is 3.69. The number of rotatable bonds is 4. The molecule has 0 saturated carbocycles. The van der Waals surface area contributed by atoms with Crippen molar-refractivity contribution >= 4 is 12.3 Å². The highest BCUT2D eigenvalue weighted by Crippen LogP contribution is 2.41. The van der Waals surface area contributed by atoms with Crippen LogP contribution in [0, 0.1) is 0 Å². The number of hydrogen-bond acceptors (Lipinski definition) is 3. The Morgan fingerprint density at radius 2 is 1.91 bits per heavy atom. The number of carbonyl (C=O) groups excluding carboxylic acids is 2. The summed E-state index contributed by atoms with van der Waals surface area (Å²) in [5.74, 6) is -1.15. The van der Waals surface area contributed by atoms with E-state index in [1.807, 2.05) is 0 Å². The molecular formula is C15H12F3NO3. The van der Waals surface area contributed by atoms with Gasteiger partial charge in [-0.3, -0.25) is 4.79 Å². The number of ether oxygens (including phenoxy) is 1. The molecule has 7 heteroatoms. The van der Waals surface area contributed by atoms with E-state index in [1.165, 1.54) is 19.1 Å². The zero-order chi connectivity index (χ0) is 16.3. The van der Waals surface area contributed by atoms with E-state index in [0.717, 1.165) is 0 Å². The summed E-state index contributed by atoms with van der Waals surface area (Å²) in [5.41, 5.74) is -2.45. The number of aromatic amines is 1. The van der Waals surface area contributed by atoms with E-state index in [4.69, 9.17) is 0 Å². The summed E-state index contributed by atoms with van der Waals surface area (Å²) in [6, 6.07) is 7.58. The van der Waals surface area contributed by atoms with E-state index in [-0.39, 0.29) is 29.7 Å². The Labute approximate surface area is 123 Å². The molecule has 0 amide bonds. The molecule has 0 unspecified atom stereocenters. The van der Waals surface area contributed by atoms with Crippen LogP contribution in [-0.4, -0.2) is 23.8 Å². The molecule has 1 aromatic carbocycles. The molecular weight excluding hydrogens is 299 g/mol. The predicted molar refractivity (Wildman–Crippen MR) is 72.6 cm³/mol. The molecule has 0 atom stereocenters. The largest absolute Gasteiger partial charge is 0.461 e. The van der Waals surface area contributed by atoms with E-state index < -0.39 is 23.4 Å². The minimum Gasteiger partial charge on any atom is -0.461 e. The van der Waals surface area contributed by atoms with Crippen LogP contribution in [0.25, 0.3) is 11.1 Å². The second-order valence-corrected chi connectivity index (χ2v) is 4.37. The number of carbonyl (C=O) groups is 2. The Bertz CT molecular complexity index is 690. The lowest BCUT2D eigenvalue weighted by atomic mass is 10.00. The van der Waals surface area contributed by atoms with Crippen LogP contribution >= 0.6 is 0 Å². The number of aldehydes is 1. The van der Waals surface area contributed by atoms with Crippen molar-refractivity contribution < 1.29 is 27.5 Å². The van der Waals surface area contributed by atoms with E-state index in [9.17, 15) is 22.8 Å². The van der Waals surface area contributed by atoms with Crippen molar-refractivity contribution in [2.24, 2.45) is 0 Å². The fourth-order valence-corrected chi connectivity index (χ4v) is 2.15. The van der Waals surface area contributed by atoms with Crippen LogP contribution in [0.15, 0.2) is 30.3 Å². The van der Waals surface area contributed by atoms with Gasteiger partial charge in [0.15, 0.2) is 6.29 Å². The zero-order valence-corrected chi connectivity index (χ0v) is 11.5. The molecule has 0 spiro atoms. The average Bonchev–Trinajstić information content (AvgIpc) is 2.88. The van der Waals surface area contributed by atoms with Gasteiger partial charge in [-0.2, -0.15) is 13.2 Å². The molecule has 0 saturated heterocycles. The maximum Gasteiger partial charge on any atom is 0.419 e. The van der Waals surface area contributed by atoms with Gasteiger partial charge in [-0.05, 0) is 12.5 Å². The Balaban J connectivity index is 2.76. The van der Waals surface area contributed by atoms with Crippen molar-refractivity contribution in [2.45, 2.75) is 13.1 Å². The van der Waals surface area contributed by atoms with E-state index in [2.05, 4.69) is 9.72 Å². The maximum atomic E-state index is 13.4. The molecule has 22 heavy (non-hydrogen) atoms. The number of hydrogen-bond donors (Lipinski definition) is 1. The molecule has 0 radical (unpaired) electrons. The Morgan fingerprint density at radius 1 is 1.27 bits per heavy atom. The van der Waals surface area contributed by atoms with E-state index in [1.54, 1.807) is 18.2 Å². The van der Waals surface area contributed by atoms with Crippen molar-refractivity contribution in [3.63, 3.8) is 0 Å². The third-order valence-electron chi connectivity index (χ3n) is 2.97. The molecule has 1 heterocycles. The molecule has 0 bridgehead atoms. The molecule has 2 rings (SSSR count). The Hall–Kier alpha value is -2.57. The van der Waals surface area contributed by atoms with Crippen LogP contribution in [0.2, 0.25) is 0 Å². The quantitative estimate of drug-likeness (QED) is 0.692. The lowest BCUT2D eigenvalue weighted by Crippen LogP contribution is -2.14. The zero-order valence-electron chi connectivity index (χ0n) is 11.5. The van der Waals surface area contributed by atoms with Gasteiger partial charge in [0.2, 0.25) is 0 Å². The van der Waals surface area contributed by atoms with Crippen LogP contribution in [0.5, 0.6) is 0 Å². The summed E-state index contributed by atoms with van der Waals surface area (Å²) >= 11 is 0. The molecule has 116 valence electrons. The highest BCUT2D eigenvalue weighted by Gasteiger charge is 2.42. The van der Waals surface area contributed by atoms with Crippen molar-refractivity contribution in [2.75, 3.05) is 6.61 Å². The van der Waals surface area contributed by atoms with Crippen LogP contribution in [0.4, 0.5) is 13.2 Å². The lowest BCUT2D eigenvalue weighted by molar-refractivity contribution is -0.137. The summed E-state index contributed by atoms with van der Waals surface area (Å²) in [6.07, 6.45) is -4.56. The number of alkyl halides is 3. The number of benzene rings is 1. The van der Waals surface area contributed by atoms with Crippen molar-refractivity contribution in [1.82, 2.24) is 4.98 Å². The SMILES string of the molecule is CCOC(=O)c1[nH]c(C=O)c(-c2ccccc2)c1C(F)(F)F. The van der Waals surface area contributed by atoms with Crippen molar-refractivity contribution in [3.05, 3.63) is 47.3 Å². The van der Waals surface area contributed by atoms with Gasteiger partial charge in [0.05, 0.1) is 17.9 Å². The lowest BCUT2D eigenvalue weighted by Gasteiger charge is -2.11. The fourth-order valence-electron chi connectivity index (χ4n) is 2.15. The van der Waals surface area contributed by atoms with Gasteiger partial charge in [0.1, 0.15) is 5.69 Å². The Morgan fingerprint density at radius 3 is 2.41 bits per heavy atom. The second-order valence-electron chi connectivity index (χ2n) is 4.37. The average molecular weight is 311 g/mol. The third-order valence-corrected chi connectivity index (χ3v) is 2.97. The minimum absolute atomic E-state index is 0.0771. The molecule has 1 N–H and O–H groups in total. The van der Waals surface area contributed by atoms with Crippen LogP contribution < -0.4 is 0 Å². The summed E-state index contributed by atoms with van der Waals surface area (Å²) in [4.78, 5) is 25.1. The monoisotopic (exact) mass is 311 g/mol. The molecule has 0 aliphatic carbocycles. The molecule has 0 fully saturated rings. The number of aromatic nitrogens is 1. The minimum atomic E-state index is -4.81. The maximum absolute atomic E-state index is 13.4. The van der Waals surface area contributed by atoms with Gasteiger partial charge in [-0.1, -0.05) is 30.3 Å². The van der Waals surface area contributed by atoms with Crippen LogP contribution in [-0.2, 0) is 10.9 Å². The molecule has 1 aromatic heterocycles. The summed E-state index contributed by atoms with van der Waals surface area (Å²) in [5, 5.41) is 0. The van der Waals surface area contributed by atoms with Gasteiger partial charge >= 0.3 is 12.1 Å². The van der Waals surface area contributed by atoms with Crippen LogP contribution in [0.1, 0.15) is 33.5 Å². The van der Waals surface area contributed by atoms with Crippen molar-refractivity contribution in [1.29, 1.82) is 0 Å². The molecule has 4 nitrogen and oxygen atoms in total. The highest BCUT2D eigenvalue weighted by molar-refractivity contribution is 5.98. The normalized spacial score (nSPS) is 11.3. The second kappa shape index (κ2) is 6.05. The smallest absolute Gasteiger partial charge is 0.419 e. The topological polar surface area (TPSA) is 59.2 Å². The van der Waals surface area contributed by atoms with Crippen LogP contribution in [0.3, 0.4) is 0 Å². The number of esters is 1. The first-order valence-electron chi connectivity index (χ1n) is 6.41. The highest BCUT2D eigenvalue weighted by atomic mass is 19.4. The summed E-state index contributed by atoms with van der Waals surface area (Å²) in [7, 11) is 0. The molecule has 0 aliphatic heterocycles. The fraction of sp³-hybridized carbons (Fsp3) is 0.200. The molecule has 0 aliphatic rings. The summed E-state index contributed by atoms with van der Waals surface area (Å²) in [6.45, 7) is 1.40. The van der Waals surface area contributed by atoms with Gasteiger partial charge < -0.3 is 9.72 Å². The van der Waals surface area contributed by atoms with Gasteiger partial charge in [0, 0.05) is 5.56 Å². The van der Waals surface area contributed by atoms with Gasteiger partial charge in [0.25, 0.3) is 0 Å². The first kappa shape index (κ1) is 15.8. The molecule has 2 aromatic rings. The number of nitrogens with one attached hydrogen (secondary N) is 1. The standard InChI is InChI=1S/C15H12F3NO3/c1-2-22-14(21)13-12(15(16,17)18)11(10(8-20)19-13)9-6-4-3-5-7-9/h3-8,19H,2H2,1H3. The Kier molecular flexibility index (Phi) is 4.35. The van der Waals surface area contributed by atoms with E-state index >= 15 is 0 Å². The van der Waals surface area contributed by atoms with Gasteiger partial charge in [-0.15, -0.1) is 0 Å². The van der Waals surface area contributed by atoms with E-state index in [0.29, 0.717) is 0 Å². The van der Waals surface area contributed by atoms with Crippen molar-refractivity contribution in [3.8, 4) is 11.1 Å².